The Bertz CT molecular complexity index is 847. The van der Waals surface area contributed by atoms with E-state index in [1.807, 2.05) is 6.08 Å². The standard InChI is InChI=1S/C36H56O/c1-5-7-9-28-11-15-30(16-12-28)26(3)31-19-21-33(22-20-31)34-23-24-35(36(37)25-34)27(4)32-17-13-29(14-18-32)10-8-6-2/h19-22,25-30,32,35H,5-18,23-24H2,1-4H3. The van der Waals surface area contributed by atoms with Gasteiger partial charge in [-0.2, -0.15) is 0 Å². The molecule has 4 rings (SSSR count). The van der Waals surface area contributed by atoms with E-state index in [4.69, 9.17) is 0 Å². The highest BCUT2D eigenvalue weighted by molar-refractivity contribution is 6.00. The summed E-state index contributed by atoms with van der Waals surface area (Å²) >= 11 is 0. The van der Waals surface area contributed by atoms with Gasteiger partial charge >= 0.3 is 0 Å². The van der Waals surface area contributed by atoms with Crippen LogP contribution < -0.4 is 0 Å². The average molecular weight is 505 g/mol. The van der Waals surface area contributed by atoms with Gasteiger partial charge in [-0.15, -0.1) is 0 Å². The van der Waals surface area contributed by atoms with Gasteiger partial charge in [-0.3, -0.25) is 4.79 Å². The van der Waals surface area contributed by atoms with Crippen LogP contribution in [0, 0.1) is 35.5 Å². The molecule has 206 valence electrons. The van der Waals surface area contributed by atoms with Crippen LogP contribution in [-0.2, 0) is 4.79 Å². The molecule has 2 saturated carbocycles. The van der Waals surface area contributed by atoms with Crippen LogP contribution >= 0.6 is 0 Å². The fraction of sp³-hybridized carbons (Fsp3) is 0.750. The molecule has 1 aromatic carbocycles. The smallest absolute Gasteiger partial charge is 0.159 e. The second-order valence-electron chi connectivity index (χ2n) is 13.3. The lowest BCUT2D eigenvalue weighted by atomic mass is 9.68. The van der Waals surface area contributed by atoms with Crippen LogP contribution in [-0.4, -0.2) is 5.78 Å². The SMILES string of the molecule is CCCCC1CCC(C(C)c2ccc(C3=CC(=O)C(C(C)C4CCC(CCCC)CC4)CC3)cc2)CC1. The first-order chi connectivity index (χ1) is 18.0. The van der Waals surface area contributed by atoms with E-state index in [1.54, 1.807) is 0 Å². The van der Waals surface area contributed by atoms with Crippen LogP contribution in [0.1, 0.15) is 147 Å². The lowest BCUT2D eigenvalue weighted by molar-refractivity contribution is -0.121. The molecule has 3 atom stereocenters. The maximum atomic E-state index is 13.3. The molecule has 0 saturated heterocycles. The van der Waals surface area contributed by atoms with Crippen LogP contribution in [0.2, 0.25) is 0 Å². The second kappa shape index (κ2) is 14.1. The zero-order chi connectivity index (χ0) is 26.2. The molecule has 1 aromatic rings. The number of carbonyl (C=O) groups is 1. The Hall–Kier alpha value is -1.37. The Kier molecular flexibility index (Phi) is 10.9. The Labute approximate surface area is 229 Å². The first kappa shape index (κ1) is 28.6. The Morgan fingerprint density at radius 3 is 1.78 bits per heavy atom. The Morgan fingerprint density at radius 2 is 1.27 bits per heavy atom. The van der Waals surface area contributed by atoms with E-state index in [0.29, 0.717) is 17.6 Å². The number of rotatable bonds is 11. The van der Waals surface area contributed by atoms with Gasteiger partial charge in [-0.05, 0) is 96.8 Å². The molecule has 0 radical (unpaired) electrons. The maximum absolute atomic E-state index is 13.3. The molecule has 0 spiro atoms. The molecule has 0 N–H and O–H groups in total. The third-order valence-electron chi connectivity index (χ3n) is 11.0. The third-order valence-corrected chi connectivity index (χ3v) is 11.0. The van der Waals surface area contributed by atoms with E-state index < -0.39 is 0 Å². The molecule has 3 aliphatic rings. The van der Waals surface area contributed by atoms with E-state index in [-0.39, 0.29) is 5.92 Å². The fourth-order valence-corrected chi connectivity index (χ4v) is 8.12. The topological polar surface area (TPSA) is 17.1 Å². The monoisotopic (exact) mass is 504 g/mol. The van der Waals surface area contributed by atoms with Crippen molar-refractivity contribution in [2.24, 2.45) is 35.5 Å². The van der Waals surface area contributed by atoms with Crippen LogP contribution in [0.25, 0.3) is 5.57 Å². The number of carbonyl (C=O) groups excluding carboxylic acids is 1. The average Bonchev–Trinajstić information content (AvgIpc) is 2.95. The lowest BCUT2D eigenvalue weighted by Gasteiger charge is -2.36. The van der Waals surface area contributed by atoms with Crippen LogP contribution in [0.15, 0.2) is 30.3 Å². The summed E-state index contributed by atoms with van der Waals surface area (Å²) in [6.07, 6.45) is 23.6. The summed E-state index contributed by atoms with van der Waals surface area (Å²) < 4.78 is 0. The number of ketones is 1. The summed E-state index contributed by atoms with van der Waals surface area (Å²) in [6.45, 7) is 9.44. The van der Waals surface area contributed by atoms with Gasteiger partial charge in [0.2, 0.25) is 0 Å². The summed E-state index contributed by atoms with van der Waals surface area (Å²) in [5.41, 5.74) is 4.03. The van der Waals surface area contributed by atoms with Gasteiger partial charge in [0.25, 0.3) is 0 Å². The highest BCUT2D eigenvalue weighted by Gasteiger charge is 2.34. The van der Waals surface area contributed by atoms with Crippen molar-refractivity contribution >= 4 is 11.4 Å². The molecule has 0 aromatic heterocycles. The van der Waals surface area contributed by atoms with E-state index in [9.17, 15) is 4.79 Å². The normalized spacial score (nSPS) is 30.5. The number of hydrogen-bond donors (Lipinski definition) is 0. The van der Waals surface area contributed by atoms with E-state index >= 15 is 0 Å². The van der Waals surface area contributed by atoms with Crippen molar-refractivity contribution < 1.29 is 4.79 Å². The highest BCUT2D eigenvalue weighted by Crippen LogP contribution is 2.43. The summed E-state index contributed by atoms with van der Waals surface area (Å²) in [4.78, 5) is 13.3. The molecule has 1 nitrogen and oxygen atoms in total. The summed E-state index contributed by atoms with van der Waals surface area (Å²) in [5.74, 6) is 5.35. The molecule has 3 unspecified atom stereocenters. The van der Waals surface area contributed by atoms with Gasteiger partial charge in [0.1, 0.15) is 0 Å². The largest absolute Gasteiger partial charge is 0.295 e. The fourth-order valence-electron chi connectivity index (χ4n) is 8.12. The molecule has 0 bridgehead atoms. The highest BCUT2D eigenvalue weighted by atomic mass is 16.1. The number of unbranched alkanes of at least 4 members (excludes halogenated alkanes) is 2. The van der Waals surface area contributed by atoms with Crippen LogP contribution in [0.4, 0.5) is 0 Å². The molecule has 2 fully saturated rings. The second-order valence-corrected chi connectivity index (χ2v) is 13.3. The maximum Gasteiger partial charge on any atom is 0.159 e. The summed E-state index contributed by atoms with van der Waals surface area (Å²) in [7, 11) is 0. The van der Waals surface area contributed by atoms with E-state index in [2.05, 4.69) is 52.0 Å². The van der Waals surface area contributed by atoms with Crippen molar-refractivity contribution in [2.75, 3.05) is 0 Å². The molecule has 1 heteroatoms. The van der Waals surface area contributed by atoms with Crippen molar-refractivity contribution in [2.45, 2.75) is 136 Å². The van der Waals surface area contributed by atoms with Crippen molar-refractivity contribution in [3.63, 3.8) is 0 Å². The summed E-state index contributed by atoms with van der Waals surface area (Å²) in [6, 6.07) is 9.33. The van der Waals surface area contributed by atoms with Gasteiger partial charge in [0, 0.05) is 5.92 Å². The first-order valence-corrected chi connectivity index (χ1v) is 16.3. The van der Waals surface area contributed by atoms with Crippen molar-refractivity contribution in [1.29, 1.82) is 0 Å². The van der Waals surface area contributed by atoms with Gasteiger partial charge in [-0.25, -0.2) is 0 Å². The summed E-state index contributed by atoms with van der Waals surface area (Å²) in [5, 5.41) is 0. The minimum absolute atomic E-state index is 0.243. The number of allylic oxidation sites excluding steroid dienone is 2. The quantitative estimate of drug-likeness (QED) is 0.293. The van der Waals surface area contributed by atoms with Crippen LogP contribution in [0.3, 0.4) is 0 Å². The zero-order valence-electron chi connectivity index (χ0n) is 24.7. The minimum atomic E-state index is 0.243. The predicted molar refractivity (Wildman–Crippen MR) is 160 cm³/mol. The minimum Gasteiger partial charge on any atom is -0.295 e. The predicted octanol–water partition coefficient (Wildman–Crippen LogP) is 10.8. The lowest BCUT2D eigenvalue weighted by Crippen LogP contribution is -2.31. The zero-order valence-corrected chi connectivity index (χ0v) is 24.7. The van der Waals surface area contributed by atoms with Gasteiger partial charge in [0.05, 0.1) is 0 Å². The van der Waals surface area contributed by atoms with E-state index in [1.165, 1.54) is 107 Å². The molecular weight excluding hydrogens is 448 g/mol. The van der Waals surface area contributed by atoms with Gasteiger partial charge in [-0.1, -0.05) is 116 Å². The molecular formula is C36H56O. The number of hydrogen-bond acceptors (Lipinski definition) is 1. The molecule has 3 aliphatic carbocycles. The Morgan fingerprint density at radius 1 is 0.730 bits per heavy atom. The van der Waals surface area contributed by atoms with Crippen molar-refractivity contribution in [1.82, 2.24) is 0 Å². The molecule has 0 heterocycles. The van der Waals surface area contributed by atoms with Crippen molar-refractivity contribution in [3.05, 3.63) is 41.5 Å². The van der Waals surface area contributed by atoms with Crippen LogP contribution in [0.5, 0.6) is 0 Å². The molecule has 37 heavy (non-hydrogen) atoms. The van der Waals surface area contributed by atoms with Crippen molar-refractivity contribution in [3.8, 4) is 0 Å². The molecule has 0 amide bonds. The van der Waals surface area contributed by atoms with E-state index in [0.717, 1.165) is 36.5 Å². The first-order valence-electron chi connectivity index (χ1n) is 16.3. The third kappa shape index (κ3) is 7.60. The Balaban J connectivity index is 1.28. The van der Waals surface area contributed by atoms with Gasteiger partial charge in [0.15, 0.2) is 5.78 Å². The molecule has 0 aliphatic heterocycles. The van der Waals surface area contributed by atoms with Gasteiger partial charge < -0.3 is 0 Å². The number of benzene rings is 1.